The van der Waals surface area contributed by atoms with Crippen molar-refractivity contribution in [3.05, 3.63) is 217 Å². The second kappa shape index (κ2) is 11.3. The molecular formula is C55H32N2. The monoisotopic (exact) mass is 720 g/mol. The van der Waals surface area contributed by atoms with Crippen LogP contribution in [0.5, 0.6) is 0 Å². The molecule has 9 aromatic carbocycles. The van der Waals surface area contributed by atoms with Gasteiger partial charge < -0.3 is 0 Å². The Bertz CT molecular complexity index is 3460. The number of rotatable bonds is 2. The normalized spacial score (nSPS) is 13.4. The molecular weight excluding hydrogens is 689 g/mol. The number of aromatic nitrogens is 2. The fourth-order valence-electron chi connectivity index (χ4n) is 10.5. The van der Waals surface area contributed by atoms with Crippen LogP contribution in [0, 0.1) is 0 Å². The van der Waals surface area contributed by atoms with Crippen molar-refractivity contribution in [3.63, 3.8) is 0 Å². The van der Waals surface area contributed by atoms with Gasteiger partial charge in [0.2, 0.25) is 0 Å². The Morgan fingerprint density at radius 2 is 0.807 bits per heavy atom. The number of nitrogens with zero attached hydrogens (tertiary/aromatic N) is 2. The molecule has 0 amide bonds. The van der Waals surface area contributed by atoms with E-state index in [-0.39, 0.29) is 0 Å². The summed E-state index contributed by atoms with van der Waals surface area (Å²) in [6.07, 6.45) is 1.86. The lowest BCUT2D eigenvalue weighted by Gasteiger charge is -2.30. The van der Waals surface area contributed by atoms with Crippen molar-refractivity contribution in [2.75, 3.05) is 0 Å². The van der Waals surface area contributed by atoms with Crippen molar-refractivity contribution in [3.8, 4) is 44.6 Å². The van der Waals surface area contributed by atoms with Gasteiger partial charge in [-0.25, -0.2) is 4.98 Å². The minimum atomic E-state index is -0.426. The largest absolute Gasteiger partial charge is 0.254 e. The van der Waals surface area contributed by atoms with Crippen LogP contribution in [0.4, 0.5) is 0 Å². The molecule has 0 atom stereocenters. The van der Waals surface area contributed by atoms with Crippen molar-refractivity contribution in [1.82, 2.24) is 9.97 Å². The fraction of sp³-hybridized carbons (Fsp3) is 0.0182. The van der Waals surface area contributed by atoms with E-state index in [9.17, 15) is 0 Å². The first-order valence-electron chi connectivity index (χ1n) is 19.7. The van der Waals surface area contributed by atoms with Crippen molar-refractivity contribution < 1.29 is 0 Å². The summed E-state index contributed by atoms with van der Waals surface area (Å²) in [6.45, 7) is 0. The average molecular weight is 721 g/mol. The van der Waals surface area contributed by atoms with Crippen LogP contribution in [0.1, 0.15) is 22.3 Å². The molecule has 0 N–H and O–H groups in total. The van der Waals surface area contributed by atoms with E-state index >= 15 is 0 Å². The minimum absolute atomic E-state index is 0.426. The molecule has 2 aliphatic rings. The van der Waals surface area contributed by atoms with Crippen LogP contribution in [-0.4, -0.2) is 9.97 Å². The van der Waals surface area contributed by atoms with Crippen LogP contribution < -0.4 is 0 Å². The van der Waals surface area contributed by atoms with Crippen LogP contribution in [0.3, 0.4) is 0 Å². The topological polar surface area (TPSA) is 25.8 Å². The molecule has 2 heterocycles. The first kappa shape index (κ1) is 30.9. The Morgan fingerprint density at radius 3 is 1.49 bits per heavy atom. The molecule has 0 unspecified atom stereocenters. The lowest BCUT2D eigenvalue weighted by Crippen LogP contribution is -2.25. The van der Waals surface area contributed by atoms with E-state index in [1.807, 2.05) is 12.3 Å². The van der Waals surface area contributed by atoms with Crippen LogP contribution >= 0.6 is 0 Å². The zero-order chi connectivity index (χ0) is 37.2. The Morgan fingerprint density at radius 1 is 0.316 bits per heavy atom. The SMILES string of the molecule is c1ccc2c(c1)-c1ccccc1C21c2ccc(-c3ccc4c5ccccc5c5ccccc5c4c3)cc2-c2cc(-c3ccc4ccc5cccnc5c4n3)ccc21. The second-order valence-corrected chi connectivity index (χ2v) is 15.6. The Hall–Kier alpha value is -7.42. The third-order valence-corrected chi connectivity index (χ3v) is 12.9. The van der Waals surface area contributed by atoms with E-state index in [1.165, 1.54) is 88.0 Å². The number of hydrogen-bond acceptors (Lipinski definition) is 2. The molecule has 1 spiro atoms. The minimum Gasteiger partial charge on any atom is -0.254 e. The summed E-state index contributed by atoms with van der Waals surface area (Å²) in [7, 11) is 0. The number of hydrogen-bond donors (Lipinski definition) is 0. The molecule has 13 rings (SSSR count). The Labute approximate surface area is 329 Å². The Balaban J connectivity index is 1.07. The fourth-order valence-corrected chi connectivity index (χ4v) is 10.5. The predicted molar refractivity (Wildman–Crippen MR) is 237 cm³/mol. The predicted octanol–water partition coefficient (Wildman–Crippen LogP) is 13.9. The van der Waals surface area contributed by atoms with E-state index < -0.39 is 5.41 Å². The van der Waals surface area contributed by atoms with E-state index in [0.29, 0.717) is 0 Å². The van der Waals surface area contributed by atoms with Gasteiger partial charge in [0.25, 0.3) is 0 Å². The molecule has 0 fully saturated rings. The third kappa shape index (κ3) is 4.09. The molecule has 2 aliphatic carbocycles. The molecule has 2 aromatic heterocycles. The molecule has 0 saturated carbocycles. The molecule has 2 nitrogen and oxygen atoms in total. The van der Waals surface area contributed by atoms with E-state index in [2.05, 4.69) is 182 Å². The van der Waals surface area contributed by atoms with Crippen LogP contribution in [0.25, 0.3) is 98.8 Å². The van der Waals surface area contributed by atoms with Crippen molar-refractivity contribution in [2.24, 2.45) is 0 Å². The van der Waals surface area contributed by atoms with Gasteiger partial charge in [-0.2, -0.15) is 0 Å². The molecule has 0 bridgehead atoms. The van der Waals surface area contributed by atoms with E-state index in [4.69, 9.17) is 9.97 Å². The average Bonchev–Trinajstić information content (AvgIpc) is 3.75. The lowest BCUT2D eigenvalue weighted by atomic mass is 9.70. The maximum atomic E-state index is 5.29. The lowest BCUT2D eigenvalue weighted by molar-refractivity contribution is 0.794. The zero-order valence-corrected chi connectivity index (χ0v) is 30.9. The highest BCUT2D eigenvalue weighted by Crippen LogP contribution is 2.63. The maximum Gasteiger partial charge on any atom is 0.0972 e. The quantitative estimate of drug-likeness (QED) is 0.166. The number of fused-ring (bicyclic) bond motifs is 19. The summed E-state index contributed by atoms with van der Waals surface area (Å²) in [4.78, 5) is 10.0. The smallest absolute Gasteiger partial charge is 0.0972 e. The molecule has 57 heavy (non-hydrogen) atoms. The first-order valence-corrected chi connectivity index (χ1v) is 19.7. The highest BCUT2D eigenvalue weighted by molar-refractivity contribution is 6.25. The molecule has 262 valence electrons. The number of pyridine rings is 2. The van der Waals surface area contributed by atoms with Gasteiger partial charge in [0, 0.05) is 22.5 Å². The van der Waals surface area contributed by atoms with E-state index in [0.717, 1.165) is 33.1 Å². The highest BCUT2D eigenvalue weighted by atomic mass is 14.8. The van der Waals surface area contributed by atoms with E-state index in [1.54, 1.807) is 0 Å². The molecule has 0 saturated heterocycles. The second-order valence-electron chi connectivity index (χ2n) is 15.6. The van der Waals surface area contributed by atoms with Gasteiger partial charge in [0.05, 0.1) is 22.1 Å². The molecule has 11 aromatic rings. The van der Waals surface area contributed by atoms with Crippen LogP contribution in [0.15, 0.2) is 194 Å². The van der Waals surface area contributed by atoms with Gasteiger partial charge in [-0.15, -0.1) is 0 Å². The maximum absolute atomic E-state index is 5.29. The van der Waals surface area contributed by atoms with Crippen molar-refractivity contribution >= 4 is 54.1 Å². The van der Waals surface area contributed by atoms with Crippen LogP contribution in [-0.2, 0) is 5.41 Å². The summed E-state index contributed by atoms with van der Waals surface area (Å²) < 4.78 is 0. The van der Waals surface area contributed by atoms with Gasteiger partial charge >= 0.3 is 0 Å². The Kier molecular flexibility index (Phi) is 6.13. The van der Waals surface area contributed by atoms with Gasteiger partial charge in [0.1, 0.15) is 0 Å². The van der Waals surface area contributed by atoms with Gasteiger partial charge in [-0.05, 0) is 118 Å². The van der Waals surface area contributed by atoms with Gasteiger partial charge in [-0.1, -0.05) is 158 Å². The molecule has 0 aliphatic heterocycles. The van der Waals surface area contributed by atoms with Crippen molar-refractivity contribution in [2.45, 2.75) is 5.41 Å². The summed E-state index contributed by atoms with van der Waals surface area (Å²) in [5.74, 6) is 0. The summed E-state index contributed by atoms with van der Waals surface area (Å²) in [6, 6.07) is 69.7. The molecule has 0 radical (unpaired) electrons. The standard InChI is InChI=1S/C55H32N2/c1-2-13-40-38(11-1)39-12-3-4-14-41(39)45-30-35(21-25-42(40)45)36-22-26-50-46(31-36)47-32-37(52-28-24-34-20-19-33-10-9-29-56-53(33)54(34)57-52)23-27-51(47)55(50)48-17-7-5-15-43(48)44-16-6-8-18-49(44)55/h1-32H. The van der Waals surface area contributed by atoms with Crippen molar-refractivity contribution in [1.29, 1.82) is 0 Å². The van der Waals surface area contributed by atoms with Gasteiger partial charge in [0.15, 0.2) is 0 Å². The summed E-state index contributed by atoms with van der Waals surface area (Å²) in [5.41, 5.74) is 16.4. The highest BCUT2D eigenvalue weighted by Gasteiger charge is 2.51. The molecule has 2 heteroatoms. The third-order valence-electron chi connectivity index (χ3n) is 12.9. The summed E-state index contributed by atoms with van der Waals surface area (Å²) >= 11 is 0. The zero-order valence-electron chi connectivity index (χ0n) is 30.9. The first-order chi connectivity index (χ1) is 28.3. The number of benzene rings is 9. The van der Waals surface area contributed by atoms with Crippen LogP contribution in [0.2, 0.25) is 0 Å². The summed E-state index contributed by atoms with van der Waals surface area (Å²) in [5, 5.41) is 9.92. The van der Waals surface area contributed by atoms with Gasteiger partial charge in [-0.3, -0.25) is 4.98 Å².